The Kier molecular flexibility index (Phi) is 2.41. The van der Waals surface area contributed by atoms with Crippen LogP contribution in [0.4, 0.5) is 0 Å². The number of carbonyl (C=O) groups is 1. The average molecular weight is 182 g/mol. The second-order valence-electron chi connectivity index (χ2n) is 4.40. The molecule has 0 aromatic heterocycles. The third-order valence-corrected chi connectivity index (χ3v) is 3.84. The summed E-state index contributed by atoms with van der Waals surface area (Å²) in [5.74, 6) is 0.471. The van der Waals surface area contributed by atoms with E-state index in [0.717, 1.165) is 25.7 Å². The molecule has 0 aliphatic heterocycles. The molecular formula is C11H18O2. The molecule has 0 radical (unpaired) electrons. The molecule has 2 nitrogen and oxygen atoms in total. The Morgan fingerprint density at radius 3 is 2.62 bits per heavy atom. The summed E-state index contributed by atoms with van der Waals surface area (Å²) in [5, 5.41) is 0. The summed E-state index contributed by atoms with van der Waals surface area (Å²) < 4.78 is 5.45. The van der Waals surface area contributed by atoms with Crippen molar-refractivity contribution in [1.82, 2.24) is 0 Å². The molecule has 2 aliphatic rings. The maximum atomic E-state index is 11.8. The van der Waals surface area contributed by atoms with Crippen LogP contribution in [0.3, 0.4) is 0 Å². The summed E-state index contributed by atoms with van der Waals surface area (Å²) in [5.41, 5.74) is -0.0625. The number of rotatable bonds is 1. The lowest BCUT2D eigenvalue weighted by Gasteiger charge is -2.36. The van der Waals surface area contributed by atoms with Crippen LogP contribution >= 0.6 is 0 Å². The molecule has 13 heavy (non-hydrogen) atoms. The molecule has 2 saturated carbocycles. The minimum Gasteiger partial charge on any atom is -0.380 e. The van der Waals surface area contributed by atoms with E-state index in [4.69, 9.17) is 4.74 Å². The fourth-order valence-corrected chi connectivity index (χ4v) is 3.09. The van der Waals surface area contributed by atoms with Gasteiger partial charge in [0.15, 0.2) is 0 Å². The highest BCUT2D eigenvalue weighted by atomic mass is 16.5. The molecule has 2 fully saturated rings. The highest BCUT2D eigenvalue weighted by Gasteiger charge is 2.50. The van der Waals surface area contributed by atoms with Crippen LogP contribution in [0.2, 0.25) is 0 Å². The summed E-state index contributed by atoms with van der Waals surface area (Å²) in [4.78, 5) is 11.8. The molecule has 1 unspecified atom stereocenters. The molecular weight excluding hydrogens is 164 g/mol. The lowest BCUT2D eigenvalue weighted by Crippen LogP contribution is -2.38. The molecule has 74 valence electrons. The van der Waals surface area contributed by atoms with Gasteiger partial charge in [0.25, 0.3) is 0 Å². The van der Waals surface area contributed by atoms with Crippen molar-refractivity contribution < 1.29 is 9.53 Å². The molecule has 0 N–H and O–H groups in total. The van der Waals surface area contributed by atoms with E-state index in [9.17, 15) is 4.79 Å². The normalized spacial score (nSPS) is 32.7. The van der Waals surface area contributed by atoms with Crippen molar-refractivity contribution in [3.8, 4) is 0 Å². The predicted molar refractivity (Wildman–Crippen MR) is 50.6 cm³/mol. The van der Waals surface area contributed by atoms with Crippen molar-refractivity contribution in [3.05, 3.63) is 0 Å². The van der Waals surface area contributed by atoms with Gasteiger partial charge >= 0.3 is 0 Å². The summed E-state index contributed by atoms with van der Waals surface area (Å²) in [6, 6.07) is 0. The monoisotopic (exact) mass is 182 g/mol. The molecule has 0 aromatic rings. The quantitative estimate of drug-likeness (QED) is 0.622. The highest BCUT2D eigenvalue weighted by Crippen LogP contribution is 2.47. The van der Waals surface area contributed by atoms with Crippen LogP contribution in [-0.4, -0.2) is 19.0 Å². The Balaban J connectivity index is 2.19. The van der Waals surface area contributed by atoms with Crippen molar-refractivity contribution in [2.24, 2.45) is 5.41 Å². The zero-order valence-electron chi connectivity index (χ0n) is 8.34. The number of methoxy groups -OCH3 is 1. The van der Waals surface area contributed by atoms with E-state index < -0.39 is 0 Å². The van der Waals surface area contributed by atoms with Crippen LogP contribution in [0.25, 0.3) is 0 Å². The van der Waals surface area contributed by atoms with Crippen LogP contribution < -0.4 is 0 Å². The van der Waals surface area contributed by atoms with Gasteiger partial charge < -0.3 is 4.74 Å². The molecule has 0 aromatic carbocycles. The summed E-state index contributed by atoms with van der Waals surface area (Å²) >= 11 is 0. The van der Waals surface area contributed by atoms with Gasteiger partial charge in [-0.05, 0) is 19.3 Å². The number of hydrogen-bond donors (Lipinski definition) is 0. The standard InChI is InChI=1S/C11H18O2/c1-13-10-6-5-9(12)11(10)7-3-2-4-8-11/h10H,2-8H2,1H3. The third kappa shape index (κ3) is 1.32. The molecule has 1 spiro atoms. The molecule has 2 rings (SSSR count). The Hall–Kier alpha value is -0.370. The van der Waals surface area contributed by atoms with E-state index in [1.807, 2.05) is 0 Å². The lowest BCUT2D eigenvalue weighted by molar-refractivity contribution is -0.132. The van der Waals surface area contributed by atoms with Crippen molar-refractivity contribution >= 4 is 5.78 Å². The minimum atomic E-state index is -0.0625. The van der Waals surface area contributed by atoms with Gasteiger partial charge in [0.2, 0.25) is 0 Å². The molecule has 2 heteroatoms. The van der Waals surface area contributed by atoms with Gasteiger partial charge in [0, 0.05) is 13.5 Å². The van der Waals surface area contributed by atoms with Crippen molar-refractivity contribution in [2.45, 2.75) is 51.0 Å². The van der Waals surface area contributed by atoms with Crippen LogP contribution in [0, 0.1) is 5.41 Å². The molecule has 2 aliphatic carbocycles. The smallest absolute Gasteiger partial charge is 0.141 e. The SMILES string of the molecule is COC1CCC(=O)C12CCCCC2. The lowest BCUT2D eigenvalue weighted by atomic mass is 9.71. The van der Waals surface area contributed by atoms with E-state index in [-0.39, 0.29) is 11.5 Å². The second kappa shape index (κ2) is 3.41. The topological polar surface area (TPSA) is 26.3 Å². The zero-order chi connectivity index (χ0) is 9.31. The number of carbonyl (C=O) groups excluding carboxylic acids is 1. The highest BCUT2D eigenvalue weighted by molar-refractivity contribution is 5.87. The van der Waals surface area contributed by atoms with Gasteiger partial charge in [-0.1, -0.05) is 19.3 Å². The Bertz CT molecular complexity index is 204. The number of ketones is 1. The molecule has 1 atom stereocenters. The van der Waals surface area contributed by atoms with E-state index >= 15 is 0 Å². The van der Waals surface area contributed by atoms with E-state index in [2.05, 4.69) is 0 Å². The average Bonchev–Trinajstić information content (AvgIpc) is 2.46. The fourth-order valence-electron chi connectivity index (χ4n) is 3.09. The van der Waals surface area contributed by atoms with Gasteiger partial charge in [-0.3, -0.25) is 4.79 Å². The minimum absolute atomic E-state index is 0.0625. The first-order valence-corrected chi connectivity index (χ1v) is 5.36. The van der Waals surface area contributed by atoms with Crippen molar-refractivity contribution in [3.63, 3.8) is 0 Å². The Morgan fingerprint density at radius 2 is 2.00 bits per heavy atom. The summed E-state index contributed by atoms with van der Waals surface area (Å²) in [6.07, 6.45) is 7.80. The Labute approximate surface area is 79.7 Å². The molecule has 0 amide bonds. The van der Waals surface area contributed by atoms with Crippen molar-refractivity contribution in [2.75, 3.05) is 7.11 Å². The van der Waals surface area contributed by atoms with Gasteiger partial charge in [-0.2, -0.15) is 0 Å². The van der Waals surface area contributed by atoms with E-state index in [0.29, 0.717) is 5.78 Å². The van der Waals surface area contributed by atoms with Gasteiger partial charge in [0.05, 0.1) is 11.5 Å². The number of Topliss-reactive ketones (excluding diaryl/α,β-unsaturated/α-hetero) is 1. The first-order valence-electron chi connectivity index (χ1n) is 5.36. The number of hydrogen-bond acceptors (Lipinski definition) is 2. The summed E-state index contributed by atoms with van der Waals surface area (Å²) in [7, 11) is 1.75. The van der Waals surface area contributed by atoms with Crippen LogP contribution in [0.5, 0.6) is 0 Å². The third-order valence-electron chi connectivity index (χ3n) is 3.84. The first kappa shape index (κ1) is 9.20. The van der Waals surface area contributed by atoms with Crippen molar-refractivity contribution in [1.29, 1.82) is 0 Å². The maximum Gasteiger partial charge on any atom is 0.141 e. The molecule has 0 saturated heterocycles. The van der Waals surface area contributed by atoms with E-state index in [1.165, 1.54) is 19.3 Å². The maximum absolute atomic E-state index is 11.8. The van der Waals surface area contributed by atoms with Crippen LogP contribution in [0.1, 0.15) is 44.9 Å². The largest absolute Gasteiger partial charge is 0.380 e. The van der Waals surface area contributed by atoms with Crippen LogP contribution in [0.15, 0.2) is 0 Å². The Morgan fingerprint density at radius 1 is 1.31 bits per heavy atom. The predicted octanol–water partition coefficient (Wildman–Crippen LogP) is 2.31. The van der Waals surface area contributed by atoms with E-state index in [1.54, 1.807) is 7.11 Å². The van der Waals surface area contributed by atoms with Gasteiger partial charge in [-0.25, -0.2) is 0 Å². The molecule has 0 bridgehead atoms. The fraction of sp³-hybridized carbons (Fsp3) is 0.909. The zero-order valence-corrected chi connectivity index (χ0v) is 8.34. The van der Waals surface area contributed by atoms with Gasteiger partial charge in [0.1, 0.15) is 5.78 Å². The van der Waals surface area contributed by atoms with Gasteiger partial charge in [-0.15, -0.1) is 0 Å². The number of ether oxygens (including phenoxy) is 1. The van der Waals surface area contributed by atoms with Crippen LogP contribution in [-0.2, 0) is 9.53 Å². The second-order valence-corrected chi connectivity index (χ2v) is 4.40. The molecule has 0 heterocycles. The summed E-state index contributed by atoms with van der Waals surface area (Å²) in [6.45, 7) is 0. The first-order chi connectivity index (χ1) is 6.29.